The van der Waals surface area contributed by atoms with Gasteiger partial charge in [-0.2, -0.15) is 0 Å². The van der Waals surface area contributed by atoms with Gasteiger partial charge >= 0.3 is 11.9 Å². The molecule has 31 heavy (non-hydrogen) atoms. The molecule has 0 fully saturated rings. The normalized spacial score (nSPS) is 12.7. The molecule has 2 aromatic rings. The van der Waals surface area contributed by atoms with Crippen molar-refractivity contribution in [3.63, 3.8) is 0 Å². The van der Waals surface area contributed by atoms with Crippen LogP contribution in [0.1, 0.15) is 26.2 Å². The number of imidazole rings is 1. The molecule has 0 bridgehead atoms. The third-order valence-electron chi connectivity index (χ3n) is 4.42. The van der Waals surface area contributed by atoms with Gasteiger partial charge in [-0.1, -0.05) is 13.3 Å². The molecule has 0 radical (unpaired) electrons. The molecule has 13 nitrogen and oxygen atoms in total. The number of carbonyl (C=O) groups excluding carboxylic acids is 1. The molecule has 0 spiro atoms. The first-order valence-electron chi connectivity index (χ1n) is 9.81. The number of fused-ring (bicyclic) bond motifs is 1. The molecular weight excluding hydrogens is 406 g/mol. The van der Waals surface area contributed by atoms with Gasteiger partial charge in [0.2, 0.25) is 0 Å². The van der Waals surface area contributed by atoms with Crippen molar-refractivity contribution in [2.24, 2.45) is 22.4 Å². The molecule has 0 aliphatic rings. The average Bonchev–Trinajstić information content (AvgIpc) is 3.12. The van der Waals surface area contributed by atoms with Crippen LogP contribution in [0.5, 0.6) is 0 Å². The summed E-state index contributed by atoms with van der Waals surface area (Å²) in [4.78, 5) is 42.7. The lowest BCUT2D eigenvalue weighted by molar-refractivity contribution is -0.149. The minimum absolute atomic E-state index is 0.0869. The monoisotopic (exact) mass is 435 g/mol. The number of hydrogen-bond donors (Lipinski definition) is 4. The quantitative estimate of drug-likeness (QED) is 0.146. The Balaban J connectivity index is 2.24. The summed E-state index contributed by atoms with van der Waals surface area (Å²) in [6.07, 6.45) is 4.22. The second kappa shape index (κ2) is 10.9. The number of hydrogen-bond acceptors (Lipinski definition) is 9. The highest BCUT2D eigenvalue weighted by molar-refractivity contribution is 5.84. The van der Waals surface area contributed by atoms with Crippen LogP contribution in [-0.2, 0) is 14.3 Å². The molecule has 0 saturated heterocycles. The number of unbranched alkanes of at least 4 members (excludes halogenated alkanes) is 1. The predicted octanol–water partition coefficient (Wildman–Crippen LogP) is -0.488. The van der Waals surface area contributed by atoms with Gasteiger partial charge in [0.25, 0.3) is 0 Å². The fourth-order valence-electron chi connectivity index (χ4n) is 2.80. The molecule has 170 valence electrons. The number of esters is 1. The number of nitrogens with zero attached hydrogens (tertiary/aromatic N) is 6. The molecule has 2 rings (SSSR count). The number of aliphatic imine (C=N–C) groups is 1. The highest BCUT2D eigenvalue weighted by Gasteiger charge is 2.29. The van der Waals surface area contributed by atoms with Gasteiger partial charge in [-0.05, 0) is 12.8 Å². The molecule has 6 N–H and O–H groups in total. The second-order valence-corrected chi connectivity index (χ2v) is 7.12. The molecule has 2 aromatic heterocycles. The maximum absolute atomic E-state index is 12.5. The van der Waals surface area contributed by atoms with Crippen LogP contribution in [0.4, 0.5) is 5.82 Å². The van der Waals surface area contributed by atoms with E-state index in [0.29, 0.717) is 23.4 Å². The molecule has 2 atom stereocenters. The first-order valence-corrected chi connectivity index (χ1v) is 9.81. The Hall–Kier alpha value is -3.64. The van der Waals surface area contributed by atoms with Gasteiger partial charge in [-0.25, -0.2) is 24.4 Å². The lowest BCUT2D eigenvalue weighted by atomic mass is 10.0. The van der Waals surface area contributed by atoms with Crippen molar-refractivity contribution in [1.82, 2.24) is 19.6 Å². The topological polar surface area (TPSA) is 187 Å². The summed E-state index contributed by atoms with van der Waals surface area (Å²) in [6.45, 7) is 2.13. The van der Waals surface area contributed by atoms with Gasteiger partial charge in [0, 0.05) is 14.1 Å². The van der Waals surface area contributed by atoms with E-state index in [9.17, 15) is 14.7 Å². The molecule has 0 saturated carbocycles. The van der Waals surface area contributed by atoms with Crippen molar-refractivity contribution in [2.75, 3.05) is 37.6 Å². The van der Waals surface area contributed by atoms with Crippen LogP contribution in [0, 0.1) is 5.92 Å². The first kappa shape index (κ1) is 23.6. The van der Waals surface area contributed by atoms with E-state index >= 15 is 0 Å². The van der Waals surface area contributed by atoms with Crippen molar-refractivity contribution in [3.05, 3.63) is 12.7 Å². The zero-order chi connectivity index (χ0) is 23.0. The van der Waals surface area contributed by atoms with Crippen LogP contribution in [0.15, 0.2) is 17.6 Å². The summed E-state index contributed by atoms with van der Waals surface area (Å²) in [5, 5.41) is 9.73. The number of aromatic nitrogens is 4. The van der Waals surface area contributed by atoms with E-state index in [4.69, 9.17) is 16.2 Å². The third-order valence-corrected chi connectivity index (χ3v) is 4.42. The Bertz CT molecular complexity index is 924. The minimum Gasteiger partial charge on any atom is -0.480 e. The lowest BCUT2D eigenvalue weighted by Crippen LogP contribution is -2.39. The number of carbonyl (C=O) groups is 2. The van der Waals surface area contributed by atoms with Crippen molar-refractivity contribution < 1.29 is 19.4 Å². The SMILES string of the molecule is CCCCOC(=O)C(CN=C(N)N)C[C@H](Nn1cnc2c(N(C)C)ncnc21)C(=O)O. The van der Waals surface area contributed by atoms with E-state index in [2.05, 4.69) is 25.4 Å². The number of anilines is 1. The van der Waals surface area contributed by atoms with E-state index in [-0.39, 0.29) is 25.5 Å². The highest BCUT2D eigenvalue weighted by Crippen LogP contribution is 2.19. The van der Waals surface area contributed by atoms with Gasteiger partial charge in [0.15, 0.2) is 22.9 Å². The number of carboxylic acid groups (broad SMARTS) is 1. The van der Waals surface area contributed by atoms with E-state index in [1.807, 2.05) is 21.0 Å². The lowest BCUT2D eigenvalue weighted by Gasteiger charge is -2.21. The van der Waals surface area contributed by atoms with Crippen LogP contribution in [0.25, 0.3) is 11.2 Å². The first-order chi connectivity index (χ1) is 14.7. The van der Waals surface area contributed by atoms with E-state index in [0.717, 1.165) is 6.42 Å². The summed E-state index contributed by atoms with van der Waals surface area (Å²) in [5.74, 6) is -2.18. The van der Waals surface area contributed by atoms with Gasteiger partial charge in [-0.15, -0.1) is 0 Å². The standard InChI is InChI=1S/C18H29N9O4/c1-4-5-6-31-17(30)11(8-21-18(19)20)7-12(16(28)29)25-27-10-24-13-14(26(2)3)22-9-23-15(13)27/h9-12,25H,4-8H2,1-3H3,(H,28,29)(H4,19,20,21)/t11?,12-/m0/s1. The summed E-state index contributed by atoms with van der Waals surface area (Å²) >= 11 is 0. The van der Waals surface area contributed by atoms with Crippen molar-refractivity contribution >= 4 is 34.9 Å². The average molecular weight is 435 g/mol. The molecule has 13 heteroatoms. The number of guanidine groups is 1. The third kappa shape index (κ3) is 6.42. The van der Waals surface area contributed by atoms with Gasteiger partial charge < -0.3 is 31.6 Å². The summed E-state index contributed by atoms with van der Waals surface area (Å²) in [5.41, 5.74) is 14.5. The number of ether oxygens (including phenoxy) is 1. The number of nitrogens with one attached hydrogen (secondary N) is 1. The molecule has 1 unspecified atom stereocenters. The largest absolute Gasteiger partial charge is 0.480 e. The van der Waals surface area contributed by atoms with Crippen LogP contribution >= 0.6 is 0 Å². The Morgan fingerprint density at radius 3 is 2.68 bits per heavy atom. The number of aliphatic carboxylic acids is 1. The zero-order valence-corrected chi connectivity index (χ0v) is 17.9. The fourth-order valence-corrected chi connectivity index (χ4v) is 2.80. The minimum atomic E-state index is -1.17. The molecule has 0 aromatic carbocycles. The Morgan fingerprint density at radius 1 is 1.32 bits per heavy atom. The van der Waals surface area contributed by atoms with Crippen LogP contribution in [-0.4, -0.2) is 75.9 Å². The molecule has 0 aliphatic heterocycles. The smallest absolute Gasteiger partial charge is 0.327 e. The van der Waals surface area contributed by atoms with Crippen LogP contribution in [0.3, 0.4) is 0 Å². The second-order valence-electron chi connectivity index (χ2n) is 7.12. The van der Waals surface area contributed by atoms with E-state index in [1.54, 1.807) is 4.90 Å². The number of carboxylic acids is 1. The summed E-state index contributed by atoms with van der Waals surface area (Å²) in [7, 11) is 3.62. The van der Waals surface area contributed by atoms with E-state index in [1.165, 1.54) is 17.3 Å². The zero-order valence-electron chi connectivity index (χ0n) is 17.9. The van der Waals surface area contributed by atoms with Gasteiger partial charge in [0.05, 0.1) is 19.1 Å². The van der Waals surface area contributed by atoms with Crippen molar-refractivity contribution in [3.8, 4) is 0 Å². The highest BCUT2D eigenvalue weighted by atomic mass is 16.5. The summed E-state index contributed by atoms with van der Waals surface area (Å²) < 4.78 is 6.64. The van der Waals surface area contributed by atoms with Crippen LogP contribution < -0.4 is 21.8 Å². The van der Waals surface area contributed by atoms with Gasteiger partial charge in [0.1, 0.15) is 18.7 Å². The number of nitrogens with two attached hydrogens (primary N) is 2. The molecular formula is C18H29N9O4. The molecule has 2 heterocycles. The maximum Gasteiger partial charge on any atom is 0.327 e. The fraction of sp³-hybridized carbons (Fsp3) is 0.556. The maximum atomic E-state index is 12.5. The summed E-state index contributed by atoms with van der Waals surface area (Å²) in [6, 6.07) is -1.16. The number of rotatable bonds is 12. The molecule has 0 aliphatic carbocycles. The molecule has 0 amide bonds. The van der Waals surface area contributed by atoms with Gasteiger partial charge in [-0.3, -0.25) is 9.79 Å². The Kier molecular flexibility index (Phi) is 8.34. The van der Waals surface area contributed by atoms with Crippen molar-refractivity contribution in [2.45, 2.75) is 32.2 Å². The Morgan fingerprint density at radius 2 is 2.06 bits per heavy atom. The predicted molar refractivity (Wildman–Crippen MR) is 115 cm³/mol. The van der Waals surface area contributed by atoms with E-state index < -0.39 is 23.9 Å². The van der Waals surface area contributed by atoms with Crippen LogP contribution in [0.2, 0.25) is 0 Å². The van der Waals surface area contributed by atoms with Crippen molar-refractivity contribution in [1.29, 1.82) is 0 Å². The Labute approximate surface area is 179 Å².